The van der Waals surface area contributed by atoms with Gasteiger partial charge in [-0.1, -0.05) is 24.3 Å². The lowest BCUT2D eigenvalue weighted by molar-refractivity contribution is -0.394. The van der Waals surface area contributed by atoms with Gasteiger partial charge in [-0.25, -0.2) is 0 Å². The molecule has 1 atom stereocenters. The van der Waals surface area contributed by atoms with E-state index in [1.807, 2.05) is 12.1 Å². The summed E-state index contributed by atoms with van der Waals surface area (Å²) in [5.41, 5.74) is 1.74. The summed E-state index contributed by atoms with van der Waals surface area (Å²) in [7, 11) is 0. The topological polar surface area (TPSA) is 110 Å². The Bertz CT molecular complexity index is 960. The van der Waals surface area contributed by atoms with Gasteiger partial charge in [0.2, 0.25) is 0 Å². The molecule has 2 aromatic carbocycles. The van der Waals surface area contributed by atoms with Crippen LogP contribution < -0.4 is 0 Å². The molecule has 9 heteroatoms. The van der Waals surface area contributed by atoms with Crippen LogP contribution in [0.5, 0.6) is 0 Å². The van der Waals surface area contributed by atoms with Crippen molar-refractivity contribution in [2.75, 3.05) is 19.6 Å². The van der Waals surface area contributed by atoms with E-state index >= 15 is 0 Å². The van der Waals surface area contributed by atoms with E-state index in [0.29, 0.717) is 13.1 Å². The average molecular weight is 396 g/mol. The van der Waals surface area contributed by atoms with Crippen molar-refractivity contribution >= 4 is 17.3 Å². The van der Waals surface area contributed by atoms with Crippen LogP contribution in [-0.4, -0.2) is 51.2 Å². The molecule has 0 saturated carbocycles. The van der Waals surface area contributed by atoms with E-state index in [1.54, 1.807) is 4.90 Å². The van der Waals surface area contributed by atoms with Gasteiger partial charge in [-0.3, -0.25) is 29.9 Å². The fourth-order valence-electron chi connectivity index (χ4n) is 4.17. The van der Waals surface area contributed by atoms with Crippen LogP contribution in [0.4, 0.5) is 11.4 Å². The van der Waals surface area contributed by atoms with Crippen molar-refractivity contribution in [2.45, 2.75) is 25.4 Å². The van der Waals surface area contributed by atoms with Crippen molar-refractivity contribution in [1.82, 2.24) is 9.80 Å². The number of carbonyl (C=O) groups is 1. The number of nitro groups is 2. The lowest BCUT2D eigenvalue weighted by atomic mass is 9.98. The molecule has 150 valence electrons. The molecule has 2 aliphatic rings. The predicted molar refractivity (Wildman–Crippen MR) is 105 cm³/mol. The molecule has 0 spiro atoms. The highest BCUT2D eigenvalue weighted by Gasteiger charge is 2.33. The molecule has 1 amide bonds. The fourth-order valence-corrected chi connectivity index (χ4v) is 4.17. The lowest BCUT2D eigenvalue weighted by Gasteiger charge is -2.33. The van der Waals surface area contributed by atoms with Crippen LogP contribution in [0.25, 0.3) is 0 Å². The standard InChI is InChI=1S/C20H20N4O5/c25-20(16-9-18(23(26)27)11-19(10-16)24(28)29)22-8-6-17(13-22)21-7-5-14-3-1-2-4-15(14)12-21/h1-4,9-11,17H,5-8,12-13H2/t17-/m1/s1. The Kier molecular flexibility index (Phi) is 4.98. The summed E-state index contributed by atoms with van der Waals surface area (Å²) < 4.78 is 0. The third-order valence-electron chi connectivity index (χ3n) is 5.70. The molecular formula is C20H20N4O5. The second-order valence-corrected chi connectivity index (χ2v) is 7.44. The third-order valence-corrected chi connectivity index (χ3v) is 5.70. The summed E-state index contributed by atoms with van der Waals surface area (Å²) in [6, 6.07) is 11.6. The van der Waals surface area contributed by atoms with Gasteiger partial charge in [-0.05, 0) is 24.0 Å². The molecule has 2 heterocycles. The zero-order valence-corrected chi connectivity index (χ0v) is 15.7. The molecule has 29 heavy (non-hydrogen) atoms. The van der Waals surface area contributed by atoms with Gasteiger partial charge >= 0.3 is 0 Å². The van der Waals surface area contributed by atoms with Crippen LogP contribution in [0, 0.1) is 20.2 Å². The Morgan fingerprint density at radius 2 is 1.62 bits per heavy atom. The zero-order valence-electron chi connectivity index (χ0n) is 15.7. The minimum Gasteiger partial charge on any atom is -0.337 e. The van der Waals surface area contributed by atoms with Crippen LogP contribution in [0.15, 0.2) is 42.5 Å². The van der Waals surface area contributed by atoms with Gasteiger partial charge in [0, 0.05) is 44.4 Å². The Hall–Kier alpha value is -3.33. The van der Waals surface area contributed by atoms with Gasteiger partial charge in [-0.15, -0.1) is 0 Å². The lowest BCUT2D eigenvalue weighted by Crippen LogP contribution is -2.41. The van der Waals surface area contributed by atoms with E-state index in [4.69, 9.17) is 0 Å². The zero-order chi connectivity index (χ0) is 20.5. The number of nitro benzene ring substituents is 2. The van der Waals surface area contributed by atoms with Crippen LogP contribution in [0.2, 0.25) is 0 Å². The molecule has 0 unspecified atom stereocenters. The van der Waals surface area contributed by atoms with Gasteiger partial charge in [0.25, 0.3) is 17.3 Å². The highest BCUT2D eigenvalue weighted by atomic mass is 16.6. The number of amides is 1. The van der Waals surface area contributed by atoms with Crippen molar-refractivity contribution in [3.05, 3.63) is 79.4 Å². The maximum absolute atomic E-state index is 12.9. The number of hydrogen-bond donors (Lipinski definition) is 0. The highest BCUT2D eigenvalue weighted by molar-refractivity contribution is 5.95. The van der Waals surface area contributed by atoms with E-state index in [1.165, 1.54) is 11.1 Å². The summed E-state index contributed by atoms with van der Waals surface area (Å²) in [4.78, 5) is 37.6. The van der Waals surface area contributed by atoms with Crippen LogP contribution in [0.3, 0.4) is 0 Å². The monoisotopic (exact) mass is 396 g/mol. The maximum Gasteiger partial charge on any atom is 0.277 e. The molecular weight excluding hydrogens is 376 g/mol. The Morgan fingerprint density at radius 3 is 2.28 bits per heavy atom. The summed E-state index contributed by atoms with van der Waals surface area (Å²) in [6.07, 6.45) is 1.78. The molecule has 2 aromatic rings. The van der Waals surface area contributed by atoms with E-state index < -0.39 is 27.1 Å². The van der Waals surface area contributed by atoms with Crippen molar-refractivity contribution in [1.29, 1.82) is 0 Å². The predicted octanol–water partition coefficient (Wildman–Crippen LogP) is 2.78. The van der Waals surface area contributed by atoms with Gasteiger partial charge in [0.1, 0.15) is 0 Å². The molecule has 4 rings (SSSR count). The Morgan fingerprint density at radius 1 is 0.966 bits per heavy atom. The molecule has 9 nitrogen and oxygen atoms in total. The summed E-state index contributed by atoms with van der Waals surface area (Å²) in [5, 5.41) is 22.2. The summed E-state index contributed by atoms with van der Waals surface area (Å²) in [5.74, 6) is -0.406. The smallest absolute Gasteiger partial charge is 0.277 e. The van der Waals surface area contributed by atoms with Crippen molar-refractivity contribution in [3.63, 3.8) is 0 Å². The minimum absolute atomic E-state index is 0.0180. The second-order valence-electron chi connectivity index (χ2n) is 7.44. The number of non-ortho nitro benzene ring substituents is 2. The fraction of sp³-hybridized carbons (Fsp3) is 0.350. The average Bonchev–Trinajstić information content (AvgIpc) is 3.22. The summed E-state index contributed by atoms with van der Waals surface area (Å²) >= 11 is 0. The number of nitrogens with zero attached hydrogens (tertiary/aromatic N) is 4. The van der Waals surface area contributed by atoms with Crippen LogP contribution in [-0.2, 0) is 13.0 Å². The van der Waals surface area contributed by atoms with Gasteiger partial charge < -0.3 is 4.90 Å². The molecule has 1 fully saturated rings. The first kappa shape index (κ1) is 19.0. The highest BCUT2D eigenvalue weighted by Crippen LogP contribution is 2.27. The van der Waals surface area contributed by atoms with Gasteiger partial charge in [0.15, 0.2) is 0 Å². The van der Waals surface area contributed by atoms with Crippen molar-refractivity contribution < 1.29 is 14.6 Å². The number of rotatable bonds is 4. The molecule has 0 aromatic heterocycles. The maximum atomic E-state index is 12.9. The Balaban J connectivity index is 1.49. The minimum atomic E-state index is -0.720. The number of carbonyl (C=O) groups excluding carboxylic acids is 1. The first-order chi connectivity index (χ1) is 13.9. The van der Waals surface area contributed by atoms with E-state index in [0.717, 1.165) is 44.1 Å². The van der Waals surface area contributed by atoms with E-state index in [2.05, 4.69) is 17.0 Å². The molecule has 0 aliphatic carbocycles. The Labute approximate surface area is 166 Å². The van der Waals surface area contributed by atoms with E-state index in [-0.39, 0.29) is 11.6 Å². The quantitative estimate of drug-likeness (QED) is 0.581. The molecule has 2 aliphatic heterocycles. The second kappa shape index (κ2) is 7.59. The largest absolute Gasteiger partial charge is 0.337 e. The molecule has 1 saturated heterocycles. The molecule has 0 bridgehead atoms. The van der Waals surface area contributed by atoms with Crippen LogP contribution >= 0.6 is 0 Å². The SMILES string of the molecule is O=C(c1cc([N+](=O)[O-])cc([N+](=O)[O-])c1)N1CC[C@@H](N2CCc3ccccc3C2)C1. The number of hydrogen-bond acceptors (Lipinski definition) is 6. The normalized spacial score (nSPS) is 19.0. The number of benzene rings is 2. The third kappa shape index (κ3) is 3.81. The first-order valence-corrected chi connectivity index (χ1v) is 9.46. The van der Waals surface area contributed by atoms with Gasteiger partial charge in [0.05, 0.1) is 21.5 Å². The molecule has 0 N–H and O–H groups in total. The summed E-state index contributed by atoms with van der Waals surface area (Å²) in [6.45, 7) is 2.80. The van der Waals surface area contributed by atoms with Gasteiger partial charge in [-0.2, -0.15) is 0 Å². The van der Waals surface area contributed by atoms with Crippen molar-refractivity contribution in [3.8, 4) is 0 Å². The van der Waals surface area contributed by atoms with Crippen molar-refractivity contribution in [2.24, 2.45) is 0 Å². The van der Waals surface area contributed by atoms with E-state index in [9.17, 15) is 25.0 Å². The number of likely N-dealkylation sites (tertiary alicyclic amines) is 1. The first-order valence-electron chi connectivity index (χ1n) is 9.46. The number of fused-ring (bicyclic) bond motifs is 1. The molecule has 0 radical (unpaired) electrons. The van der Waals surface area contributed by atoms with Crippen LogP contribution in [0.1, 0.15) is 27.9 Å².